The molecule has 0 spiro atoms. The fourth-order valence-electron chi connectivity index (χ4n) is 0.141. The second kappa shape index (κ2) is 5.45. The van der Waals surface area contributed by atoms with Crippen LogP contribution in [0.2, 0.25) is 0 Å². The van der Waals surface area contributed by atoms with Crippen molar-refractivity contribution in [3.63, 3.8) is 0 Å². The highest BCUT2D eigenvalue weighted by molar-refractivity contribution is 8.06. The Morgan fingerprint density at radius 1 is 1.86 bits per heavy atom. The molecule has 0 aliphatic rings. The molecule has 0 fully saturated rings. The van der Waals surface area contributed by atoms with Gasteiger partial charge in [0.25, 0.3) is 0 Å². The van der Waals surface area contributed by atoms with Crippen molar-refractivity contribution in [3.8, 4) is 11.7 Å². The van der Waals surface area contributed by atoms with E-state index >= 15 is 0 Å². The van der Waals surface area contributed by atoms with E-state index in [4.69, 9.17) is 6.42 Å². The van der Waals surface area contributed by atoms with E-state index in [-0.39, 0.29) is 0 Å². The molecule has 0 unspecified atom stereocenters. The van der Waals surface area contributed by atoms with Crippen molar-refractivity contribution in [2.75, 3.05) is 7.05 Å². The first-order valence-electron chi connectivity index (χ1n) is 1.85. The van der Waals surface area contributed by atoms with E-state index in [9.17, 15) is 0 Å². The van der Waals surface area contributed by atoms with Crippen LogP contribution < -0.4 is 5.32 Å². The molecular formula is C5H7NS. The van der Waals surface area contributed by atoms with E-state index in [1.165, 1.54) is 11.8 Å². The summed E-state index contributed by atoms with van der Waals surface area (Å²) >= 11 is 1.32. The van der Waals surface area contributed by atoms with Gasteiger partial charge in [-0.3, -0.25) is 0 Å². The van der Waals surface area contributed by atoms with Crippen molar-refractivity contribution < 1.29 is 0 Å². The normalized spacial score (nSPS) is 8.57. The summed E-state index contributed by atoms with van der Waals surface area (Å²) in [6.07, 6.45) is 6.69. The quantitative estimate of drug-likeness (QED) is 0.536. The van der Waals surface area contributed by atoms with E-state index in [0.29, 0.717) is 0 Å². The van der Waals surface area contributed by atoms with E-state index in [2.05, 4.69) is 10.6 Å². The Morgan fingerprint density at radius 3 is 3.00 bits per heavy atom. The molecular weight excluding hydrogens is 106 g/mol. The van der Waals surface area contributed by atoms with Crippen LogP contribution >= 0.6 is 11.8 Å². The number of hydrogen-bond donors (Lipinski definition) is 1. The van der Waals surface area contributed by atoms with Crippen LogP contribution in [0.25, 0.3) is 0 Å². The third kappa shape index (κ3) is 5.45. The third-order valence-electron chi connectivity index (χ3n) is 0.371. The standard InChI is InChI=1S/C5H7NS/c1-3-7-5-4-6-2/h1,4-6H,2H3/b5-4-. The van der Waals surface area contributed by atoms with Gasteiger partial charge >= 0.3 is 0 Å². The van der Waals surface area contributed by atoms with Gasteiger partial charge in [0.05, 0.1) is 0 Å². The van der Waals surface area contributed by atoms with E-state index < -0.39 is 0 Å². The Morgan fingerprint density at radius 2 is 2.57 bits per heavy atom. The zero-order valence-electron chi connectivity index (χ0n) is 4.14. The highest BCUT2D eigenvalue weighted by atomic mass is 32.2. The average molecular weight is 113 g/mol. The maximum Gasteiger partial charge on any atom is 0.00354 e. The number of nitrogens with one attached hydrogen (secondary N) is 1. The van der Waals surface area contributed by atoms with E-state index in [1.54, 1.807) is 11.6 Å². The van der Waals surface area contributed by atoms with Gasteiger partial charge in [-0.25, -0.2) is 0 Å². The number of rotatable bonds is 2. The molecule has 7 heavy (non-hydrogen) atoms. The fraction of sp³-hybridized carbons (Fsp3) is 0.200. The molecule has 38 valence electrons. The van der Waals surface area contributed by atoms with Gasteiger partial charge in [-0.1, -0.05) is 0 Å². The van der Waals surface area contributed by atoms with Crippen molar-refractivity contribution in [1.29, 1.82) is 0 Å². The summed E-state index contributed by atoms with van der Waals surface area (Å²) in [7, 11) is 1.83. The van der Waals surface area contributed by atoms with Crippen molar-refractivity contribution in [3.05, 3.63) is 11.6 Å². The molecule has 0 radical (unpaired) electrons. The topological polar surface area (TPSA) is 12.0 Å². The van der Waals surface area contributed by atoms with Crippen molar-refractivity contribution in [1.82, 2.24) is 5.32 Å². The Hall–Kier alpha value is -0.550. The minimum atomic E-state index is 1.32. The van der Waals surface area contributed by atoms with Crippen LogP contribution in [-0.2, 0) is 0 Å². The molecule has 1 nitrogen and oxygen atoms in total. The summed E-state index contributed by atoms with van der Waals surface area (Å²) in [5, 5.41) is 7.00. The Balaban J connectivity index is 2.97. The van der Waals surface area contributed by atoms with Gasteiger partial charge in [0.1, 0.15) is 0 Å². The van der Waals surface area contributed by atoms with Gasteiger partial charge in [0.2, 0.25) is 0 Å². The zero-order chi connectivity index (χ0) is 5.54. The first-order chi connectivity index (χ1) is 3.41. The lowest BCUT2D eigenvalue weighted by atomic mass is 11.0. The predicted octanol–water partition coefficient (Wildman–Crippen LogP) is 1.00. The fourth-order valence-corrected chi connectivity index (χ4v) is 0.424. The van der Waals surface area contributed by atoms with Crippen LogP contribution in [0.4, 0.5) is 0 Å². The first kappa shape index (κ1) is 6.45. The molecule has 0 aliphatic carbocycles. The zero-order valence-corrected chi connectivity index (χ0v) is 4.96. The average Bonchev–Trinajstić information content (AvgIpc) is 1.69. The number of thioether (sulfide) groups is 1. The van der Waals surface area contributed by atoms with Gasteiger partial charge in [-0.05, 0) is 22.4 Å². The van der Waals surface area contributed by atoms with Crippen LogP contribution in [0.1, 0.15) is 0 Å². The van der Waals surface area contributed by atoms with Gasteiger partial charge < -0.3 is 5.32 Å². The maximum absolute atomic E-state index is 4.90. The van der Waals surface area contributed by atoms with Crippen molar-refractivity contribution in [2.45, 2.75) is 0 Å². The first-order valence-corrected chi connectivity index (χ1v) is 2.73. The molecule has 0 saturated heterocycles. The summed E-state index contributed by atoms with van der Waals surface area (Å²) in [6.45, 7) is 0. The third-order valence-corrected chi connectivity index (χ3v) is 0.779. The lowest BCUT2D eigenvalue weighted by molar-refractivity contribution is 1.11. The molecule has 1 N–H and O–H groups in total. The summed E-state index contributed by atoms with van der Waals surface area (Å²) in [6, 6.07) is 0. The van der Waals surface area contributed by atoms with Crippen LogP contribution in [0.3, 0.4) is 0 Å². The molecule has 0 bridgehead atoms. The Bertz CT molecular complexity index is 90.7. The smallest absolute Gasteiger partial charge is 0.00354 e. The van der Waals surface area contributed by atoms with Gasteiger partial charge in [-0.15, -0.1) is 6.42 Å². The van der Waals surface area contributed by atoms with E-state index in [1.807, 2.05) is 7.05 Å². The molecule has 0 saturated carbocycles. The van der Waals surface area contributed by atoms with Crippen molar-refractivity contribution in [2.24, 2.45) is 0 Å². The van der Waals surface area contributed by atoms with Crippen LogP contribution in [-0.4, -0.2) is 7.05 Å². The van der Waals surface area contributed by atoms with Crippen LogP contribution in [0.5, 0.6) is 0 Å². The highest BCUT2D eigenvalue weighted by Crippen LogP contribution is 1.93. The predicted molar refractivity (Wildman–Crippen MR) is 34.6 cm³/mol. The van der Waals surface area contributed by atoms with Crippen LogP contribution in [0.15, 0.2) is 11.6 Å². The Kier molecular flexibility index (Phi) is 5.02. The lowest BCUT2D eigenvalue weighted by Gasteiger charge is -1.78. The van der Waals surface area contributed by atoms with Gasteiger partial charge in [-0.2, -0.15) is 0 Å². The number of hydrogen-bond acceptors (Lipinski definition) is 2. The summed E-state index contributed by atoms with van der Waals surface area (Å²) in [5.41, 5.74) is 0. The maximum atomic E-state index is 4.90. The minimum Gasteiger partial charge on any atom is -0.394 e. The molecule has 0 aromatic rings. The Labute approximate surface area is 48.2 Å². The minimum absolute atomic E-state index is 1.32. The second-order valence-electron chi connectivity index (χ2n) is 0.827. The van der Waals surface area contributed by atoms with Gasteiger partial charge in [0, 0.05) is 13.2 Å². The molecule has 0 atom stereocenters. The molecule has 0 aliphatic heterocycles. The van der Waals surface area contributed by atoms with Crippen molar-refractivity contribution >= 4 is 11.8 Å². The van der Waals surface area contributed by atoms with Gasteiger partial charge in [0.15, 0.2) is 0 Å². The van der Waals surface area contributed by atoms with Crippen LogP contribution in [0, 0.1) is 11.7 Å². The number of terminal acetylenes is 1. The second-order valence-corrected chi connectivity index (χ2v) is 1.57. The molecule has 2 heteroatoms. The summed E-state index contributed by atoms with van der Waals surface area (Å²) < 4.78 is 0. The monoisotopic (exact) mass is 113 g/mol. The summed E-state index contributed by atoms with van der Waals surface area (Å²) in [4.78, 5) is 0. The SMILES string of the molecule is C#CS/C=C\NC. The lowest BCUT2D eigenvalue weighted by Crippen LogP contribution is -1.89. The molecule has 0 amide bonds. The van der Waals surface area contributed by atoms with E-state index in [0.717, 1.165) is 0 Å². The largest absolute Gasteiger partial charge is 0.394 e. The molecule has 0 heterocycles. The molecule has 0 rings (SSSR count). The molecule has 0 aromatic carbocycles. The summed E-state index contributed by atoms with van der Waals surface area (Å²) in [5.74, 6) is 0. The molecule has 0 aromatic heterocycles. The highest BCUT2D eigenvalue weighted by Gasteiger charge is 1.61.